The van der Waals surface area contributed by atoms with Crippen LogP contribution in [0, 0.1) is 5.92 Å². The van der Waals surface area contributed by atoms with E-state index in [-0.39, 0.29) is 5.91 Å². The number of pyridine rings is 1. The van der Waals surface area contributed by atoms with E-state index in [4.69, 9.17) is 5.84 Å². The average Bonchev–Trinajstić information content (AvgIpc) is 2.46. The van der Waals surface area contributed by atoms with E-state index in [0.717, 1.165) is 18.8 Å². The molecule has 0 atom stereocenters. The molecule has 0 bridgehead atoms. The first-order valence-corrected chi connectivity index (χ1v) is 6.81. The Bertz CT molecular complexity index is 424. The van der Waals surface area contributed by atoms with Gasteiger partial charge in [-0.3, -0.25) is 4.79 Å². The molecule has 1 aliphatic carbocycles. The van der Waals surface area contributed by atoms with Gasteiger partial charge in [0.2, 0.25) is 0 Å². The van der Waals surface area contributed by atoms with E-state index in [2.05, 4.69) is 17.3 Å². The molecule has 104 valence electrons. The van der Waals surface area contributed by atoms with E-state index >= 15 is 0 Å². The first-order chi connectivity index (χ1) is 9.11. The third-order valence-corrected chi connectivity index (χ3v) is 4.01. The molecule has 0 unspecified atom stereocenters. The maximum atomic E-state index is 12.4. The number of amides is 1. The van der Waals surface area contributed by atoms with Crippen LogP contribution in [-0.2, 0) is 0 Å². The van der Waals surface area contributed by atoms with Gasteiger partial charge in [-0.15, -0.1) is 0 Å². The second-order valence-electron chi connectivity index (χ2n) is 5.41. The van der Waals surface area contributed by atoms with Gasteiger partial charge in [-0.25, -0.2) is 10.8 Å². The summed E-state index contributed by atoms with van der Waals surface area (Å²) in [6.45, 7) is 2.28. The van der Waals surface area contributed by atoms with Gasteiger partial charge in [-0.05, 0) is 43.7 Å². The summed E-state index contributed by atoms with van der Waals surface area (Å²) in [4.78, 5) is 18.3. The molecular weight excluding hydrogens is 240 g/mol. The molecule has 5 heteroatoms. The molecule has 3 N–H and O–H groups in total. The lowest BCUT2D eigenvalue weighted by molar-refractivity contribution is 0.0679. The van der Waals surface area contributed by atoms with Crippen LogP contribution in [0.2, 0.25) is 0 Å². The van der Waals surface area contributed by atoms with Gasteiger partial charge < -0.3 is 10.3 Å². The van der Waals surface area contributed by atoms with Crippen molar-refractivity contribution < 1.29 is 4.79 Å². The number of nitrogens with zero attached hydrogens (tertiary/aromatic N) is 2. The molecule has 1 fully saturated rings. The highest BCUT2D eigenvalue weighted by Gasteiger charge is 2.25. The fraction of sp³-hybridized carbons (Fsp3) is 0.571. The molecule has 0 radical (unpaired) electrons. The van der Waals surface area contributed by atoms with Crippen LogP contribution < -0.4 is 11.3 Å². The van der Waals surface area contributed by atoms with E-state index in [1.54, 1.807) is 18.3 Å². The molecule has 2 rings (SSSR count). The van der Waals surface area contributed by atoms with Crippen molar-refractivity contribution in [3.8, 4) is 0 Å². The summed E-state index contributed by atoms with van der Waals surface area (Å²) >= 11 is 0. The average molecular weight is 262 g/mol. The van der Waals surface area contributed by atoms with Crippen LogP contribution in [0.15, 0.2) is 18.3 Å². The Hall–Kier alpha value is -1.62. The molecule has 1 heterocycles. The highest BCUT2D eigenvalue weighted by atomic mass is 16.2. The van der Waals surface area contributed by atoms with Crippen LogP contribution in [0.3, 0.4) is 0 Å². The van der Waals surface area contributed by atoms with E-state index in [1.165, 1.54) is 12.8 Å². The highest BCUT2D eigenvalue weighted by Crippen LogP contribution is 2.27. The van der Waals surface area contributed by atoms with Crippen LogP contribution >= 0.6 is 0 Å². The van der Waals surface area contributed by atoms with Crippen molar-refractivity contribution in [3.63, 3.8) is 0 Å². The third-order valence-electron chi connectivity index (χ3n) is 4.01. The molecular formula is C14H22N4O. The van der Waals surface area contributed by atoms with Crippen LogP contribution in [0.4, 0.5) is 5.82 Å². The minimum atomic E-state index is 0.0376. The van der Waals surface area contributed by atoms with E-state index < -0.39 is 0 Å². The summed E-state index contributed by atoms with van der Waals surface area (Å²) in [7, 11) is 1.89. The predicted octanol–water partition coefficient (Wildman–Crippen LogP) is 2.02. The summed E-state index contributed by atoms with van der Waals surface area (Å²) in [5.41, 5.74) is 3.07. The molecule has 1 amide bonds. The largest absolute Gasteiger partial charge is 0.339 e. The number of carbonyl (C=O) groups is 1. The Balaban J connectivity index is 2.01. The number of rotatable bonds is 3. The lowest BCUT2D eigenvalue weighted by Crippen LogP contribution is -2.39. The van der Waals surface area contributed by atoms with Gasteiger partial charge in [0.15, 0.2) is 0 Å². The molecule has 1 aliphatic rings. The van der Waals surface area contributed by atoms with Gasteiger partial charge in [0.25, 0.3) is 5.91 Å². The zero-order chi connectivity index (χ0) is 13.8. The third kappa shape index (κ3) is 3.23. The summed E-state index contributed by atoms with van der Waals surface area (Å²) in [6, 6.07) is 3.83. The summed E-state index contributed by atoms with van der Waals surface area (Å²) in [5, 5.41) is 0. The molecule has 1 saturated carbocycles. The number of hydrogen-bond acceptors (Lipinski definition) is 4. The van der Waals surface area contributed by atoms with Crippen molar-refractivity contribution in [2.45, 2.75) is 38.6 Å². The molecule has 0 saturated heterocycles. The van der Waals surface area contributed by atoms with Crippen molar-refractivity contribution >= 4 is 11.7 Å². The number of nitrogen functional groups attached to an aromatic ring is 1. The first-order valence-electron chi connectivity index (χ1n) is 6.81. The summed E-state index contributed by atoms with van der Waals surface area (Å²) in [6.07, 6.45) is 6.17. The maximum Gasteiger partial charge on any atom is 0.255 e. The summed E-state index contributed by atoms with van der Waals surface area (Å²) in [5.74, 6) is 6.64. The van der Waals surface area contributed by atoms with Crippen LogP contribution in [0.5, 0.6) is 0 Å². The van der Waals surface area contributed by atoms with E-state index in [1.807, 2.05) is 11.9 Å². The van der Waals surface area contributed by atoms with E-state index in [9.17, 15) is 4.79 Å². The van der Waals surface area contributed by atoms with E-state index in [0.29, 0.717) is 17.4 Å². The first kappa shape index (κ1) is 13.8. The van der Waals surface area contributed by atoms with Crippen LogP contribution in [-0.4, -0.2) is 28.9 Å². The number of nitrogens with two attached hydrogens (primary N) is 1. The lowest BCUT2D eigenvalue weighted by atomic mass is 9.86. The van der Waals surface area contributed by atoms with Crippen molar-refractivity contribution in [2.75, 3.05) is 12.5 Å². The number of hydrogen-bond donors (Lipinski definition) is 2. The molecule has 19 heavy (non-hydrogen) atoms. The molecule has 0 aliphatic heterocycles. The smallest absolute Gasteiger partial charge is 0.255 e. The van der Waals surface area contributed by atoms with Gasteiger partial charge in [0.05, 0.1) is 5.56 Å². The molecule has 1 aromatic rings. The summed E-state index contributed by atoms with van der Waals surface area (Å²) < 4.78 is 0. The maximum absolute atomic E-state index is 12.4. The minimum absolute atomic E-state index is 0.0376. The number of hydrazine groups is 1. The van der Waals surface area contributed by atoms with Crippen molar-refractivity contribution in [2.24, 2.45) is 11.8 Å². The molecule has 0 spiro atoms. The number of carbonyl (C=O) groups excluding carboxylic acids is 1. The quantitative estimate of drug-likeness (QED) is 0.646. The normalized spacial score (nSPS) is 22.9. The zero-order valence-electron chi connectivity index (χ0n) is 11.6. The van der Waals surface area contributed by atoms with Crippen molar-refractivity contribution in [3.05, 3.63) is 23.9 Å². The molecule has 0 aromatic carbocycles. The van der Waals surface area contributed by atoms with Gasteiger partial charge >= 0.3 is 0 Å². The Morgan fingerprint density at radius 3 is 2.58 bits per heavy atom. The standard InChI is InChI=1S/C14H22N4O/c1-10-3-6-12(7-4-10)18(2)14(19)11-5-8-13(17-15)16-9-11/h5,8-10,12H,3-4,6-7,15H2,1-2H3,(H,16,17). The monoisotopic (exact) mass is 262 g/mol. The van der Waals surface area contributed by atoms with Gasteiger partial charge in [0.1, 0.15) is 5.82 Å². The SMILES string of the molecule is CC1CCC(N(C)C(=O)c2ccc(NN)nc2)CC1. The van der Waals surface area contributed by atoms with Gasteiger partial charge in [-0.2, -0.15) is 0 Å². The van der Waals surface area contributed by atoms with Crippen molar-refractivity contribution in [1.29, 1.82) is 0 Å². The Morgan fingerprint density at radius 1 is 1.37 bits per heavy atom. The number of aromatic nitrogens is 1. The zero-order valence-corrected chi connectivity index (χ0v) is 11.6. The number of nitrogens with one attached hydrogen (secondary N) is 1. The van der Waals surface area contributed by atoms with Crippen LogP contribution in [0.1, 0.15) is 43.0 Å². The second kappa shape index (κ2) is 6.02. The van der Waals surface area contributed by atoms with Crippen molar-refractivity contribution in [1.82, 2.24) is 9.88 Å². The Morgan fingerprint density at radius 2 is 2.05 bits per heavy atom. The van der Waals surface area contributed by atoms with Gasteiger partial charge in [-0.1, -0.05) is 6.92 Å². The lowest BCUT2D eigenvalue weighted by Gasteiger charge is -2.33. The van der Waals surface area contributed by atoms with Gasteiger partial charge in [0, 0.05) is 19.3 Å². The Kier molecular flexibility index (Phi) is 4.37. The number of anilines is 1. The molecule has 5 nitrogen and oxygen atoms in total. The van der Waals surface area contributed by atoms with Crippen LogP contribution in [0.25, 0.3) is 0 Å². The topological polar surface area (TPSA) is 71.2 Å². The second-order valence-corrected chi connectivity index (χ2v) is 5.41. The highest BCUT2D eigenvalue weighted by molar-refractivity contribution is 5.94. The minimum Gasteiger partial charge on any atom is -0.339 e. The molecule has 1 aromatic heterocycles. The fourth-order valence-corrected chi connectivity index (χ4v) is 2.60. The fourth-order valence-electron chi connectivity index (χ4n) is 2.60. The predicted molar refractivity (Wildman–Crippen MR) is 75.6 cm³/mol. The Labute approximate surface area is 114 Å².